The van der Waals surface area contributed by atoms with Gasteiger partial charge in [-0.3, -0.25) is 19.2 Å². The van der Waals surface area contributed by atoms with Gasteiger partial charge in [0.2, 0.25) is 0 Å². The van der Waals surface area contributed by atoms with Crippen LogP contribution in [0.4, 0.5) is 4.79 Å². The molecule has 17 nitrogen and oxygen atoms in total. The summed E-state index contributed by atoms with van der Waals surface area (Å²) in [7, 11) is -1.73. The largest absolute Gasteiger partial charge is 0.448 e. The van der Waals surface area contributed by atoms with E-state index in [4.69, 9.17) is 34.8 Å². The summed E-state index contributed by atoms with van der Waals surface area (Å²) in [5, 5.41) is 10.7. The summed E-state index contributed by atoms with van der Waals surface area (Å²) in [6.07, 6.45) is 0.396. The van der Waals surface area contributed by atoms with Crippen LogP contribution in [0.15, 0.2) is 82.3 Å². The predicted molar refractivity (Wildman–Crippen MR) is 220 cm³/mol. The molecule has 4 heterocycles. The third-order valence-electron chi connectivity index (χ3n) is 11.1. The number of piperazine rings is 1. The van der Waals surface area contributed by atoms with E-state index in [9.17, 15) is 19.6 Å². The SMILES string of the molecule is CC(C)N(C(C)C)P(OCCC#N)OC1C2OCC1(CN(N)/C=C(\N)CN1CCN(C(=O)OCC3c4ccccc4-c4ccccc43)CC1)OC2n1ccc(=O)[nH]c1=O. The zero-order valence-electron chi connectivity index (χ0n) is 33.9. The summed E-state index contributed by atoms with van der Waals surface area (Å²) in [5.74, 6) is 6.63. The Morgan fingerprint density at radius 1 is 1.05 bits per heavy atom. The van der Waals surface area contributed by atoms with Crippen molar-refractivity contribution in [1.82, 2.24) is 29.0 Å². The predicted octanol–water partition coefficient (Wildman–Crippen LogP) is 3.41. The maximum absolute atomic E-state index is 13.2. The van der Waals surface area contributed by atoms with Gasteiger partial charge in [-0.1, -0.05) is 48.5 Å². The first-order chi connectivity index (χ1) is 28.4. The number of fused-ring (bicyclic) bond motifs is 5. The zero-order chi connectivity index (χ0) is 41.8. The van der Waals surface area contributed by atoms with E-state index < -0.39 is 43.8 Å². The molecule has 0 radical (unpaired) electrons. The van der Waals surface area contributed by atoms with Gasteiger partial charge in [0.1, 0.15) is 24.4 Å². The first-order valence-electron chi connectivity index (χ1n) is 20.0. The number of benzene rings is 2. The quantitative estimate of drug-likeness (QED) is 0.0819. The molecule has 316 valence electrons. The maximum atomic E-state index is 13.2. The number of hydrogen-bond acceptors (Lipinski definition) is 14. The summed E-state index contributed by atoms with van der Waals surface area (Å²) in [4.78, 5) is 44.3. The molecule has 18 heteroatoms. The number of nitrogens with two attached hydrogens (primary N) is 2. The van der Waals surface area contributed by atoms with Crippen molar-refractivity contribution in [1.29, 1.82) is 5.26 Å². The Bertz CT molecular complexity index is 2100. The van der Waals surface area contributed by atoms with Crippen LogP contribution in [0.3, 0.4) is 0 Å². The molecule has 5 N–H and O–H groups in total. The molecule has 7 rings (SSSR count). The first-order valence-corrected chi connectivity index (χ1v) is 21.2. The molecule has 59 heavy (non-hydrogen) atoms. The molecular formula is C41H54N9O8P. The number of hydrazine groups is 1. The molecule has 3 fully saturated rings. The number of hydrogen-bond donors (Lipinski definition) is 3. The lowest BCUT2D eigenvalue weighted by Gasteiger charge is -2.39. The number of aromatic nitrogens is 2. The Morgan fingerprint density at radius 2 is 1.71 bits per heavy atom. The van der Waals surface area contributed by atoms with E-state index in [0.29, 0.717) is 38.4 Å². The number of carbonyl (C=O) groups is 1. The number of H-pyrrole nitrogens is 1. The van der Waals surface area contributed by atoms with Crippen LogP contribution < -0.4 is 22.8 Å². The van der Waals surface area contributed by atoms with Crippen molar-refractivity contribution in [3.63, 3.8) is 0 Å². The number of carbonyl (C=O) groups excluding carboxylic acids is 1. The molecule has 3 aromatic rings. The second-order valence-corrected chi connectivity index (χ2v) is 17.3. The lowest BCUT2D eigenvalue weighted by Crippen LogP contribution is -2.52. The molecule has 0 saturated carbocycles. The fourth-order valence-corrected chi connectivity index (χ4v) is 10.4. The molecule has 1 amide bonds. The lowest BCUT2D eigenvalue weighted by molar-refractivity contribution is -0.179. The van der Waals surface area contributed by atoms with Gasteiger partial charge in [0.05, 0.1) is 32.2 Å². The van der Waals surface area contributed by atoms with Crippen molar-refractivity contribution < 1.29 is 28.1 Å². The van der Waals surface area contributed by atoms with Crippen LogP contribution in [0.1, 0.15) is 57.4 Å². The monoisotopic (exact) mass is 831 g/mol. The second-order valence-electron chi connectivity index (χ2n) is 15.9. The van der Waals surface area contributed by atoms with Gasteiger partial charge in [0.15, 0.2) is 6.23 Å². The number of amides is 1. The van der Waals surface area contributed by atoms with E-state index in [0.717, 1.165) is 0 Å². The molecule has 2 bridgehead atoms. The van der Waals surface area contributed by atoms with Gasteiger partial charge in [-0.2, -0.15) is 5.26 Å². The molecule has 5 atom stereocenters. The van der Waals surface area contributed by atoms with Crippen LogP contribution in [-0.4, -0.2) is 124 Å². The Labute approximate surface area is 344 Å². The number of nitrogens with one attached hydrogen (secondary N) is 1. The second kappa shape index (κ2) is 18.3. The van der Waals surface area contributed by atoms with Gasteiger partial charge < -0.3 is 38.9 Å². The lowest BCUT2D eigenvalue weighted by atomic mass is 9.98. The smallest absolute Gasteiger partial charge is 0.409 e. The van der Waals surface area contributed by atoms with Gasteiger partial charge in [0, 0.05) is 74.9 Å². The van der Waals surface area contributed by atoms with Crippen molar-refractivity contribution in [2.24, 2.45) is 11.6 Å². The highest BCUT2D eigenvalue weighted by Gasteiger charge is 2.64. The summed E-state index contributed by atoms with van der Waals surface area (Å²) in [6, 6.07) is 20.0. The summed E-state index contributed by atoms with van der Waals surface area (Å²) >= 11 is 0. The Hall–Kier alpha value is -4.63. The van der Waals surface area contributed by atoms with Crippen molar-refractivity contribution in [2.45, 2.75) is 76.2 Å². The number of rotatable bonds is 16. The van der Waals surface area contributed by atoms with Gasteiger partial charge in [-0.05, 0) is 49.9 Å². The van der Waals surface area contributed by atoms with E-state index in [-0.39, 0.29) is 56.9 Å². The number of nitriles is 1. The summed E-state index contributed by atoms with van der Waals surface area (Å²) in [6.45, 7) is 11.3. The van der Waals surface area contributed by atoms with Crippen molar-refractivity contribution >= 4 is 14.6 Å². The Kier molecular flexibility index (Phi) is 13.2. The average molecular weight is 832 g/mol. The standard InChI is InChI=1S/C41H54N9O8P/c1-27(2)50(28(3)4)59(56-21-9-15-42)58-37-36-38(49-16-14-35(51)45-39(49)52)57-41(37,26-55-36)25-48(44)23-29(43)22-46-17-19-47(20-18-46)40(53)54-24-34-32-12-7-5-10-30(32)31-11-6-8-13-33(31)34/h5-8,10-14,16,23,27-28,34,36-38H,9,17-22,24-26,43-44H2,1-4H3,(H,45,51,52)/b29-23-. The molecule has 3 aliphatic heterocycles. The molecule has 1 aromatic heterocycles. The number of nitrogens with zero attached hydrogens (tertiary/aromatic N) is 6. The van der Waals surface area contributed by atoms with E-state index >= 15 is 0 Å². The minimum Gasteiger partial charge on any atom is -0.448 e. The highest BCUT2D eigenvalue weighted by Crippen LogP contribution is 2.55. The molecule has 1 aliphatic carbocycles. The normalized spacial score (nSPS) is 23.5. The molecule has 5 unspecified atom stereocenters. The van der Waals surface area contributed by atoms with E-state index in [2.05, 4.69) is 44.9 Å². The van der Waals surface area contributed by atoms with Crippen LogP contribution in [0.5, 0.6) is 0 Å². The van der Waals surface area contributed by atoms with Crippen molar-refractivity contribution in [3.8, 4) is 17.2 Å². The highest BCUT2D eigenvalue weighted by atomic mass is 31.2. The first kappa shape index (κ1) is 42.5. The van der Waals surface area contributed by atoms with Crippen LogP contribution in [0, 0.1) is 11.3 Å². The van der Waals surface area contributed by atoms with Crippen molar-refractivity contribution in [3.05, 3.63) is 105 Å². The van der Waals surface area contributed by atoms with Crippen LogP contribution in [0.2, 0.25) is 0 Å². The van der Waals surface area contributed by atoms with Crippen LogP contribution in [0.25, 0.3) is 11.1 Å². The third kappa shape index (κ3) is 9.11. The van der Waals surface area contributed by atoms with Crippen molar-refractivity contribution in [2.75, 3.05) is 59.1 Å². The van der Waals surface area contributed by atoms with Crippen LogP contribution in [-0.2, 0) is 23.3 Å². The van der Waals surface area contributed by atoms with E-state index in [1.807, 2.05) is 52.0 Å². The summed E-state index contributed by atoms with van der Waals surface area (Å²) in [5.41, 5.74) is 9.40. The van der Waals surface area contributed by atoms with E-state index in [1.54, 1.807) is 11.1 Å². The minimum absolute atomic E-state index is 0.00735. The average Bonchev–Trinajstić information content (AvgIpc) is 3.80. The Balaban J connectivity index is 0.988. The Morgan fingerprint density at radius 3 is 2.34 bits per heavy atom. The van der Waals surface area contributed by atoms with Gasteiger partial charge >= 0.3 is 11.8 Å². The fourth-order valence-electron chi connectivity index (χ4n) is 8.55. The number of aromatic amines is 1. The summed E-state index contributed by atoms with van der Waals surface area (Å²) < 4.78 is 35.2. The van der Waals surface area contributed by atoms with Crippen LogP contribution >= 0.6 is 8.53 Å². The molecule has 3 saturated heterocycles. The fraction of sp³-hybridized carbons (Fsp3) is 0.512. The molecular weight excluding hydrogens is 777 g/mol. The van der Waals surface area contributed by atoms with E-state index in [1.165, 1.54) is 44.1 Å². The molecule has 2 aromatic carbocycles. The topological polar surface area (TPSA) is 207 Å². The van der Waals surface area contributed by atoms with Gasteiger partial charge in [-0.25, -0.2) is 20.1 Å². The van der Waals surface area contributed by atoms with Gasteiger partial charge in [0.25, 0.3) is 14.1 Å². The third-order valence-corrected chi connectivity index (χ3v) is 13.2. The molecule has 4 aliphatic rings. The van der Waals surface area contributed by atoms with Gasteiger partial charge in [-0.15, -0.1) is 0 Å². The highest BCUT2D eigenvalue weighted by molar-refractivity contribution is 7.44. The minimum atomic E-state index is -1.73. The molecule has 0 spiro atoms. The number of ether oxygens (including phenoxy) is 3. The zero-order valence-corrected chi connectivity index (χ0v) is 34.8. The maximum Gasteiger partial charge on any atom is 0.409 e.